The second-order valence-corrected chi connectivity index (χ2v) is 17.1. The molecule has 3 fully saturated rings. The molecule has 4 aliphatic rings. The summed E-state index contributed by atoms with van der Waals surface area (Å²) in [7, 11) is -3.88. The summed E-state index contributed by atoms with van der Waals surface area (Å²) in [4.78, 5) is 55.6. The molecule has 0 aromatic heterocycles. The smallest absolute Gasteiger partial charge is 0.405 e. The van der Waals surface area contributed by atoms with Gasteiger partial charge in [0, 0.05) is 18.2 Å². The van der Waals surface area contributed by atoms with E-state index in [0.29, 0.717) is 25.0 Å². The second-order valence-electron chi connectivity index (χ2n) is 13.7. The van der Waals surface area contributed by atoms with Crippen LogP contribution in [0.2, 0.25) is 0 Å². The van der Waals surface area contributed by atoms with Crippen molar-refractivity contribution < 1.29 is 32.7 Å². The third-order valence-electron chi connectivity index (χ3n) is 10.3. The number of hydrogen-bond acceptors (Lipinski definition) is 7. The van der Waals surface area contributed by atoms with Crippen molar-refractivity contribution in [3.05, 3.63) is 85.0 Å². The van der Waals surface area contributed by atoms with Crippen LogP contribution in [0.4, 0.5) is 4.79 Å². The van der Waals surface area contributed by atoms with Gasteiger partial charge < -0.3 is 20.6 Å². The number of carboxylic acid groups (broad SMARTS) is 1. The van der Waals surface area contributed by atoms with Gasteiger partial charge in [-0.3, -0.25) is 19.1 Å². The molecule has 266 valence electrons. The predicted molar refractivity (Wildman–Crippen MR) is 193 cm³/mol. The Morgan fingerprint density at radius 2 is 1.66 bits per heavy atom. The molecule has 2 aliphatic carbocycles. The Labute approximate surface area is 297 Å². The van der Waals surface area contributed by atoms with E-state index in [4.69, 9.17) is 0 Å². The fourth-order valence-electron chi connectivity index (χ4n) is 7.14. The summed E-state index contributed by atoms with van der Waals surface area (Å²) >= 11 is 1.62. The Morgan fingerprint density at radius 3 is 2.32 bits per heavy atom. The van der Waals surface area contributed by atoms with Gasteiger partial charge in [0.1, 0.15) is 17.6 Å². The number of amides is 4. The minimum Gasteiger partial charge on any atom is -0.465 e. The minimum absolute atomic E-state index is 0.130. The third kappa shape index (κ3) is 7.63. The molecule has 6 rings (SSSR count). The Bertz CT molecular complexity index is 1760. The molecule has 1 saturated heterocycles. The minimum atomic E-state index is -3.88. The average Bonchev–Trinajstić information content (AvgIpc) is 4.03. The van der Waals surface area contributed by atoms with Crippen molar-refractivity contribution in [1.29, 1.82) is 0 Å². The van der Waals surface area contributed by atoms with E-state index in [2.05, 4.69) is 34.1 Å². The predicted octanol–water partition coefficient (Wildman–Crippen LogP) is 4.71. The van der Waals surface area contributed by atoms with E-state index < -0.39 is 67.4 Å². The maximum Gasteiger partial charge on any atom is 0.405 e. The van der Waals surface area contributed by atoms with Gasteiger partial charge in [0.25, 0.3) is 5.91 Å². The summed E-state index contributed by atoms with van der Waals surface area (Å²) in [6.45, 7) is 3.92. The Balaban J connectivity index is 1.36. The van der Waals surface area contributed by atoms with Crippen molar-refractivity contribution in [3.8, 4) is 11.1 Å². The van der Waals surface area contributed by atoms with Gasteiger partial charge in [-0.25, -0.2) is 13.2 Å². The lowest BCUT2D eigenvalue weighted by molar-refractivity contribution is -0.141. The van der Waals surface area contributed by atoms with Crippen LogP contribution in [0.5, 0.6) is 0 Å². The molecular weight excluding hydrogens is 677 g/mol. The van der Waals surface area contributed by atoms with E-state index >= 15 is 0 Å². The number of hydrogen-bond donors (Lipinski definition) is 4. The van der Waals surface area contributed by atoms with Crippen LogP contribution in [-0.4, -0.2) is 77.4 Å². The lowest BCUT2D eigenvalue weighted by Gasteiger charge is -2.31. The van der Waals surface area contributed by atoms with Crippen LogP contribution < -0.4 is 15.4 Å². The van der Waals surface area contributed by atoms with Crippen LogP contribution in [0.25, 0.3) is 11.1 Å². The summed E-state index contributed by atoms with van der Waals surface area (Å²) < 4.78 is 26.8. The lowest BCUT2D eigenvalue weighted by atomic mass is 9.93. The molecule has 0 radical (unpaired) electrons. The summed E-state index contributed by atoms with van der Waals surface area (Å²) in [6.07, 6.45) is 9.24. The maximum absolute atomic E-state index is 14.4. The lowest BCUT2D eigenvalue weighted by Crippen LogP contribution is -2.58. The molecule has 5 atom stereocenters. The number of carbonyl (C=O) groups excluding carboxylic acids is 3. The van der Waals surface area contributed by atoms with Crippen LogP contribution >= 0.6 is 11.8 Å². The normalized spacial score (nSPS) is 29.2. The molecule has 2 aromatic rings. The van der Waals surface area contributed by atoms with Crippen LogP contribution in [-0.2, 0) is 29.2 Å². The van der Waals surface area contributed by atoms with Crippen molar-refractivity contribution in [2.24, 2.45) is 5.92 Å². The number of nitrogens with zero attached hydrogens (tertiary/aromatic N) is 1. The Kier molecular flexibility index (Phi) is 10.5. The molecule has 4 amide bonds. The third-order valence-corrected chi connectivity index (χ3v) is 13.5. The summed E-state index contributed by atoms with van der Waals surface area (Å²) in [5, 5.41) is 14.3. The zero-order valence-electron chi connectivity index (χ0n) is 27.9. The van der Waals surface area contributed by atoms with Crippen LogP contribution in [0.3, 0.4) is 0 Å². The molecule has 2 heterocycles. The van der Waals surface area contributed by atoms with Gasteiger partial charge >= 0.3 is 6.09 Å². The van der Waals surface area contributed by atoms with Gasteiger partial charge in [-0.05, 0) is 61.6 Å². The topological polar surface area (TPSA) is 162 Å². The van der Waals surface area contributed by atoms with Crippen molar-refractivity contribution in [1.82, 2.24) is 20.3 Å². The SMILES string of the molecule is C=C[C@@H]1C[C@]1(NC(=O)[C@@H]1C[C@@]2(c3ccc(-c4ccccc4)cc3)CN1C(=O)[C@@H](NC(=O)O)CCCCC/C=C/CS2)C(=O)NS(=O)(=O)C1CC1. The van der Waals surface area contributed by atoms with E-state index in [1.54, 1.807) is 11.8 Å². The summed E-state index contributed by atoms with van der Waals surface area (Å²) in [5.41, 5.74) is 1.46. The van der Waals surface area contributed by atoms with Crippen molar-refractivity contribution in [2.45, 2.75) is 85.4 Å². The van der Waals surface area contributed by atoms with Crippen LogP contribution in [0.1, 0.15) is 63.4 Å². The number of nitrogens with one attached hydrogen (secondary N) is 3. The quantitative estimate of drug-likeness (QED) is 0.271. The first-order chi connectivity index (χ1) is 24.0. The molecule has 2 bridgehead atoms. The standard InChI is InChI=1S/C37H44N4O7S2/c1-2-27-22-37(27,34(44)40-50(47,48)29-19-20-29)39-32(42)31-23-36(28-17-15-26(16-18-28)25-12-8-7-9-13-25)24-41(31)33(43)30(38-35(45)46)14-10-5-3-4-6-11-21-49-36/h2,6-9,11-13,15-18,27,29-31,38H,1,3-5,10,14,19-24H2,(H,39,42)(H,40,44)(H,45,46)/b11-6+/t27-,30+,31+,36+,37-/m1/s1. The first-order valence-corrected chi connectivity index (χ1v) is 19.8. The van der Waals surface area contributed by atoms with Gasteiger partial charge in [0.2, 0.25) is 21.8 Å². The highest BCUT2D eigenvalue weighted by Crippen LogP contribution is 2.50. The molecule has 4 N–H and O–H groups in total. The number of fused-ring (bicyclic) bond motifs is 2. The molecule has 2 aromatic carbocycles. The van der Waals surface area contributed by atoms with Gasteiger partial charge in [-0.15, -0.1) is 18.3 Å². The highest BCUT2D eigenvalue weighted by atomic mass is 32.2. The highest BCUT2D eigenvalue weighted by molar-refractivity contribution is 8.00. The fourth-order valence-corrected chi connectivity index (χ4v) is 9.86. The van der Waals surface area contributed by atoms with E-state index in [-0.39, 0.29) is 25.8 Å². The highest BCUT2D eigenvalue weighted by Gasteiger charge is 2.62. The van der Waals surface area contributed by atoms with E-state index in [9.17, 15) is 32.7 Å². The summed E-state index contributed by atoms with van der Waals surface area (Å²) in [6, 6.07) is 15.9. The monoisotopic (exact) mass is 720 g/mol. The number of carbonyl (C=O) groups is 4. The second kappa shape index (κ2) is 14.6. The first-order valence-electron chi connectivity index (χ1n) is 17.2. The number of thioether (sulfide) groups is 1. The maximum atomic E-state index is 14.4. The zero-order valence-corrected chi connectivity index (χ0v) is 29.5. The van der Waals surface area contributed by atoms with E-state index in [1.165, 1.54) is 11.0 Å². The van der Waals surface area contributed by atoms with Crippen molar-refractivity contribution >= 4 is 45.6 Å². The molecule has 0 spiro atoms. The molecule has 2 saturated carbocycles. The van der Waals surface area contributed by atoms with Crippen LogP contribution in [0.15, 0.2) is 79.4 Å². The first kappa shape index (κ1) is 35.7. The number of sulfonamides is 1. The average molecular weight is 721 g/mol. The summed E-state index contributed by atoms with van der Waals surface area (Å²) in [5.74, 6) is -1.79. The molecule has 13 heteroatoms. The molecule has 50 heavy (non-hydrogen) atoms. The molecule has 11 nitrogen and oxygen atoms in total. The van der Waals surface area contributed by atoms with Crippen molar-refractivity contribution in [2.75, 3.05) is 12.3 Å². The number of allylic oxidation sites excluding steroid dienone is 1. The molecule has 0 unspecified atom stereocenters. The van der Waals surface area contributed by atoms with Gasteiger partial charge in [-0.1, -0.05) is 85.7 Å². The Hall–Kier alpha value is -4.10. The fraction of sp³-hybridized carbons (Fsp3) is 0.459. The van der Waals surface area contributed by atoms with Crippen LogP contribution in [0, 0.1) is 5.92 Å². The molecule has 2 aliphatic heterocycles. The van der Waals surface area contributed by atoms with Gasteiger partial charge in [-0.2, -0.15) is 0 Å². The number of benzene rings is 2. The zero-order chi connectivity index (χ0) is 35.5. The van der Waals surface area contributed by atoms with E-state index in [0.717, 1.165) is 36.0 Å². The number of rotatable bonds is 9. The van der Waals surface area contributed by atoms with Gasteiger partial charge in [0.05, 0.1) is 10.00 Å². The molecular formula is C37H44N4O7S2. The largest absolute Gasteiger partial charge is 0.465 e. The Morgan fingerprint density at radius 1 is 0.940 bits per heavy atom. The van der Waals surface area contributed by atoms with Gasteiger partial charge in [0.15, 0.2) is 0 Å². The van der Waals surface area contributed by atoms with E-state index in [1.807, 2.05) is 54.6 Å². The van der Waals surface area contributed by atoms with Crippen molar-refractivity contribution in [3.63, 3.8) is 0 Å².